The molecule has 0 unspecified atom stereocenters. The quantitative estimate of drug-likeness (QED) is 0.510. The fraction of sp³-hybridized carbons (Fsp3) is 0.0476. The molecule has 4 rings (SSSR count). The summed E-state index contributed by atoms with van der Waals surface area (Å²) in [5.74, 6) is -0.0779. The first kappa shape index (κ1) is 18.8. The Labute approximate surface area is 170 Å². The standard InChI is InChI=1S/C21H15ClFN5O/c22-16-6-1-13(2-7-16)11-20(29)24-19-10-5-15(14-3-8-17(23)9-4-14)12-18(19)21-25-27-28-26-21/h1-10,12H,11H2,(H,24,29)(H,25,26,27,28). The van der Waals surface area contributed by atoms with Crippen molar-refractivity contribution < 1.29 is 9.18 Å². The van der Waals surface area contributed by atoms with Crippen LogP contribution in [-0.2, 0) is 11.2 Å². The number of rotatable bonds is 5. The minimum Gasteiger partial charge on any atom is -0.325 e. The maximum atomic E-state index is 13.2. The number of H-pyrrole nitrogens is 1. The lowest BCUT2D eigenvalue weighted by molar-refractivity contribution is -0.115. The minimum absolute atomic E-state index is 0.185. The molecule has 29 heavy (non-hydrogen) atoms. The van der Waals surface area contributed by atoms with Gasteiger partial charge in [0.15, 0.2) is 5.82 Å². The molecule has 8 heteroatoms. The number of halogens is 2. The predicted octanol–water partition coefficient (Wildman–Crippen LogP) is 4.51. The summed E-state index contributed by atoms with van der Waals surface area (Å²) in [4.78, 5) is 12.5. The number of aromatic nitrogens is 4. The van der Waals surface area contributed by atoms with Crippen molar-refractivity contribution in [2.75, 3.05) is 5.32 Å². The monoisotopic (exact) mass is 407 g/mol. The molecule has 0 atom stereocenters. The van der Waals surface area contributed by atoms with Gasteiger partial charge in [0.25, 0.3) is 0 Å². The molecular weight excluding hydrogens is 393 g/mol. The second-order valence-electron chi connectivity index (χ2n) is 6.37. The van der Waals surface area contributed by atoms with Crippen molar-refractivity contribution in [3.63, 3.8) is 0 Å². The number of aromatic amines is 1. The summed E-state index contributed by atoms with van der Waals surface area (Å²) >= 11 is 5.89. The molecule has 1 amide bonds. The van der Waals surface area contributed by atoms with E-state index in [2.05, 4.69) is 25.9 Å². The van der Waals surface area contributed by atoms with Crippen LogP contribution in [0.5, 0.6) is 0 Å². The van der Waals surface area contributed by atoms with Gasteiger partial charge >= 0.3 is 0 Å². The smallest absolute Gasteiger partial charge is 0.228 e. The van der Waals surface area contributed by atoms with Gasteiger partial charge in [0, 0.05) is 10.6 Å². The molecule has 4 aromatic rings. The highest BCUT2D eigenvalue weighted by molar-refractivity contribution is 6.30. The summed E-state index contributed by atoms with van der Waals surface area (Å²) in [7, 11) is 0. The lowest BCUT2D eigenvalue weighted by Gasteiger charge is -2.12. The molecule has 0 saturated heterocycles. The van der Waals surface area contributed by atoms with Crippen LogP contribution in [0.1, 0.15) is 5.56 Å². The highest BCUT2D eigenvalue weighted by atomic mass is 35.5. The Morgan fingerprint density at radius 3 is 2.41 bits per heavy atom. The zero-order valence-corrected chi connectivity index (χ0v) is 15.8. The molecule has 0 bridgehead atoms. The van der Waals surface area contributed by atoms with Crippen molar-refractivity contribution in [2.45, 2.75) is 6.42 Å². The largest absolute Gasteiger partial charge is 0.325 e. The number of carbonyl (C=O) groups excluding carboxylic acids is 1. The van der Waals surface area contributed by atoms with E-state index in [1.165, 1.54) is 12.1 Å². The van der Waals surface area contributed by atoms with Gasteiger partial charge in [-0.15, -0.1) is 5.10 Å². The molecule has 0 aliphatic heterocycles. The summed E-state index contributed by atoms with van der Waals surface area (Å²) in [6.45, 7) is 0. The van der Waals surface area contributed by atoms with Gasteiger partial charge in [-0.1, -0.05) is 41.9 Å². The van der Waals surface area contributed by atoms with Crippen LogP contribution in [0.2, 0.25) is 5.02 Å². The van der Waals surface area contributed by atoms with Crippen LogP contribution in [0.25, 0.3) is 22.5 Å². The lowest BCUT2D eigenvalue weighted by Crippen LogP contribution is -2.15. The van der Waals surface area contributed by atoms with Crippen LogP contribution in [-0.4, -0.2) is 26.5 Å². The van der Waals surface area contributed by atoms with E-state index in [1.54, 1.807) is 42.5 Å². The first-order valence-electron chi connectivity index (χ1n) is 8.77. The van der Waals surface area contributed by atoms with Crippen molar-refractivity contribution in [1.29, 1.82) is 0 Å². The van der Waals surface area contributed by atoms with E-state index in [1.807, 2.05) is 12.1 Å². The number of nitrogens with zero attached hydrogens (tertiary/aromatic N) is 3. The fourth-order valence-electron chi connectivity index (χ4n) is 2.93. The van der Waals surface area contributed by atoms with Gasteiger partial charge in [-0.05, 0) is 63.5 Å². The van der Waals surface area contributed by atoms with Gasteiger partial charge in [-0.2, -0.15) is 0 Å². The molecule has 1 aromatic heterocycles. The number of nitrogens with one attached hydrogen (secondary N) is 2. The number of benzene rings is 3. The minimum atomic E-state index is -0.306. The van der Waals surface area contributed by atoms with E-state index < -0.39 is 0 Å². The maximum Gasteiger partial charge on any atom is 0.228 e. The molecular formula is C21H15ClFN5O. The van der Waals surface area contributed by atoms with Crippen LogP contribution in [0.15, 0.2) is 66.7 Å². The Hall–Kier alpha value is -3.58. The van der Waals surface area contributed by atoms with E-state index in [0.717, 1.165) is 16.7 Å². The first-order valence-corrected chi connectivity index (χ1v) is 9.15. The topological polar surface area (TPSA) is 83.6 Å². The van der Waals surface area contributed by atoms with Gasteiger partial charge < -0.3 is 5.32 Å². The highest BCUT2D eigenvalue weighted by Crippen LogP contribution is 2.31. The van der Waals surface area contributed by atoms with Crippen molar-refractivity contribution in [3.8, 4) is 22.5 Å². The molecule has 0 radical (unpaired) electrons. The molecule has 0 aliphatic carbocycles. The van der Waals surface area contributed by atoms with Gasteiger partial charge in [0.2, 0.25) is 5.91 Å². The number of carbonyl (C=O) groups is 1. The molecule has 3 aromatic carbocycles. The van der Waals surface area contributed by atoms with E-state index in [4.69, 9.17) is 11.6 Å². The van der Waals surface area contributed by atoms with Crippen molar-refractivity contribution in [1.82, 2.24) is 20.6 Å². The number of anilines is 1. The van der Waals surface area contributed by atoms with Crippen molar-refractivity contribution in [2.24, 2.45) is 0 Å². The third-order valence-corrected chi connectivity index (χ3v) is 4.60. The van der Waals surface area contributed by atoms with Crippen molar-refractivity contribution in [3.05, 3.63) is 83.1 Å². The van der Waals surface area contributed by atoms with Crippen LogP contribution >= 0.6 is 11.6 Å². The first-order chi connectivity index (χ1) is 14.1. The van der Waals surface area contributed by atoms with E-state index >= 15 is 0 Å². The summed E-state index contributed by atoms with van der Waals surface area (Å²) in [5, 5.41) is 17.4. The van der Waals surface area contributed by atoms with Gasteiger partial charge in [0.1, 0.15) is 5.82 Å². The van der Waals surface area contributed by atoms with E-state index in [9.17, 15) is 9.18 Å². The van der Waals surface area contributed by atoms with Crippen molar-refractivity contribution >= 4 is 23.2 Å². The van der Waals surface area contributed by atoms with Gasteiger partial charge in [-0.25, -0.2) is 9.49 Å². The predicted molar refractivity (Wildman–Crippen MR) is 109 cm³/mol. The molecule has 2 N–H and O–H groups in total. The fourth-order valence-corrected chi connectivity index (χ4v) is 3.05. The van der Waals surface area contributed by atoms with Crippen LogP contribution in [0.3, 0.4) is 0 Å². The van der Waals surface area contributed by atoms with Gasteiger partial charge in [0.05, 0.1) is 12.1 Å². The molecule has 144 valence electrons. The summed E-state index contributed by atoms with van der Waals surface area (Å²) in [5.41, 5.74) is 3.71. The Morgan fingerprint density at radius 1 is 1.00 bits per heavy atom. The third-order valence-electron chi connectivity index (χ3n) is 4.35. The maximum absolute atomic E-state index is 13.2. The summed E-state index contributed by atoms with van der Waals surface area (Å²) in [6.07, 6.45) is 0.199. The zero-order chi connectivity index (χ0) is 20.2. The second kappa shape index (κ2) is 8.20. The second-order valence-corrected chi connectivity index (χ2v) is 6.80. The molecule has 6 nitrogen and oxygen atoms in total. The average Bonchev–Trinajstić information content (AvgIpc) is 3.25. The average molecular weight is 408 g/mol. The number of hydrogen-bond donors (Lipinski definition) is 2. The Bertz CT molecular complexity index is 1130. The third kappa shape index (κ3) is 4.47. The van der Waals surface area contributed by atoms with Crippen LogP contribution in [0.4, 0.5) is 10.1 Å². The Balaban J connectivity index is 1.62. The zero-order valence-electron chi connectivity index (χ0n) is 15.1. The summed E-state index contributed by atoms with van der Waals surface area (Å²) in [6, 6.07) is 18.7. The van der Waals surface area contributed by atoms with E-state index in [0.29, 0.717) is 22.1 Å². The molecule has 0 saturated carbocycles. The molecule has 0 aliphatic rings. The summed E-state index contributed by atoms with van der Waals surface area (Å²) < 4.78 is 13.2. The lowest BCUT2D eigenvalue weighted by atomic mass is 10.0. The highest BCUT2D eigenvalue weighted by Gasteiger charge is 2.14. The number of amides is 1. The molecule has 0 spiro atoms. The molecule has 0 fully saturated rings. The number of tetrazole rings is 1. The van der Waals surface area contributed by atoms with Gasteiger partial charge in [-0.3, -0.25) is 4.79 Å². The molecule has 1 heterocycles. The van der Waals surface area contributed by atoms with E-state index in [-0.39, 0.29) is 18.1 Å². The van der Waals surface area contributed by atoms with Crippen LogP contribution in [0, 0.1) is 5.82 Å². The number of hydrogen-bond acceptors (Lipinski definition) is 4. The Kier molecular flexibility index (Phi) is 5.31. The Morgan fingerprint density at radius 2 is 1.72 bits per heavy atom. The SMILES string of the molecule is O=C(Cc1ccc(Cl)cc1)Nc1ccc(-c2ccc(F)cc2)cc1-c1nnn[nH]1. The normalized spacial score (nSPS) is 10.7. The van der Waals surface area contributed by atoms with Crippen LogP contribution < -0.4 is 5.32 Å².